The SMILES string of the molecule is Cc1nc(C)c(C(=O)NCc2cnc([C@H]3CCCCO3)nc2)s1. The standard InChI is InChI=1S/C16H20N4O2S/c1-10-14(23-11(2)20-10)16(21)19-9-12-7-17-15(18-8-12)13-5-3-4-6-22-13/h7-8,13H,3-6,9H2,1-2H3,(H,19,21)/t13-/m1/s1. The molecule has 2 aromatic rings. The van der Waals surface area contributed by atoms with E-state index in [0.29, 0.717) is 11.4 Å². The van der Waals surface area contributed by atoms with Gasteiger partial charge >= 0.3 is 0 Å². The Bertz CT molecular complexity index is 678. The molecule has 6 nitrogen and oxygen atoms in total. The van der Waals surface area contributed by atoms with Crippen LogP contribution in [0.25, 0.3) is 0 Å². The van der Waals surface area contributed by atoms with Crippen molar-refractivity contribution in [3.05, 3.63) is 39.4 Å². The Balaban J connectivity index is 1.58. The van der Waals surface area contributed by atoms with Crippen LogP contribution in [0.5, 0.6) is 0 Å². The molecular formula is C16H20N4O2S. The molecule has 0 spiro atoms. The van der Waals surface area contributed by atoms with E-state index in [2.05, 4.69) is 20.3 Å². The van der Waals surface area contributed by atoms with E-state index in [1.54, 1.807) is 12.4 Å². The molecule has 1 aliphatic heterocycles. The minimum Gasteiger partial charge on any atom is -0.370 e. The molecule has 23 heavy (non-hydrogen) atoms. The number of nitrogens with one attached hydrogen (secondary N) is 1. The molecule has 0 bridgehead atoms. The number of rotatable bonds is 4. The highest BCUT2D eigenvalue weighted by molar-refractivity contribution is 7.13. The van der Waals surface area contributed by atoms with Gasteiger partial charge in [-0.15, -0.1) is 11.3 Å². The van der Waals surface area contributed by atoms with Gasteiger partial charge in [0, 0.05) is 31.1 Å². The van der Waals surface area contributed by atoms with Crippen LogP contribution in [0.4, 0.5) is 0 Å². The zero-order chi connectivity index (χ0) is 16.2. The lowest BCUT2D eigenvalue weighted by Crippen LogP contribution is -2.23. The van der Waals surface area contributed by atoms with Gasteiger partial charge in [0.2, 0.25) is 0 Å². The maximum Gasteiger partial charge on any atom is 0.263 e. The second kappa shape index (κ2) is 7.14. The smallest absolute Gasteiger partial charge is 0.263 e. The Hall–Kier alpha value is -1.86. The molecule has 2 aromatic heterocycles. The van der Waals surface area contributed by atoms with Gasteiger partial charge in [0.1, 0.15) is 11.0 Å². The van der Waals surface area contributed by atoms with E-state index in [1.165, 1.54) is 11.3 Å². The number of nitrogens with zero attached hydrogens (tertiary/aromatic N) is 3. The monoisotopic (exact) mass is 332 g/mol. The van der Waals surface area contributed by atoms with Crippen LogP contribution in [-0.2, 0) is 11.3 Å². The van der Waals surface area contributed by atoms with Gasteiger partial charge in [-0.3, -0.25) is 4.79 Å². The van der Waals surface area contributed by atoms with E-state index in [4.69, 9.17) is 4.74 Å². The first-order valence-corrected chi connectivity index (χ1v) is 8.60. The topological polar surface area (TPSA) is 77.0 Å². The van der Waals surface area contributed by atoms with Crippen LogP contribution >= 0.6 is 11.3 Å². The van der Waals surface area contributed by atoms with Gasteiger partial charge < -0.3 is 10.1 Å². The zero-order valence-corrected chi connectivity index (χ0v) is 14.2. The second-order valence-corrected chi connectivity index (χ2v) is 6.84. The maximum atomic E-state index is 12.2. The number of carbonyl (C=O) groups excluding carboxylic acids is 1. The Morgan fingerprint density at radius 3 is 2.74 bits per heavy atom. The van der Waals surface area contributed by atoms with E-state index >= 15 is 0 Å². The molecule has 0 radical (unpaired) electrons. The Kier molecular flexibility index (Phi) is 4.97. The minimum atomic E-state index is -0.104. The molecule has 1 saturated heterocycles. The average Bonchev–Trinajstić information content (AvgIpc) is 2.92. The molecule has 1 aliphatic rings. The van der Waals surface area contributed by atoms with Gasteiger partial charge in [-0.1, -0.05) is 0 Å². The largest absolute Gasteiger partial charge is 0.370 e. The minimum absolute atomic E-state index is 0.00945. The summed E-state index contributed by atoms with van der Waals surface area (Å²) >= 11 is 1.41. The van der Waals surface area contributed by atoms with Crippen molar-refractivity contribution in [1.29, 1.82) is 0 Å². The van der Waals surface area contributed by atoms with Crippen molar-refractivity contribution < 1.29 is 9.53 Å². The summed E-state index contributed by atoms with van der Waals surface area (Å²) in [5.41, 5.74) is 1.64. The summed E-state index contributed by atoms with van der Waals surface area (Å²) < 4.78 is 5.68. The molecular weight excluding hydrogens is 312 g/mol. The summed E-state index contributed by atoms with van der Waals surface area (Å²) in [5.74, 6) is 0.626. The maximum absolute atomic E-state index is 12.2. The molecule has 3 heterocycles. The fourth-order valence-electron chi connectivity index (χ4n) is 2.57. The summed E-state index contributed by atoms with van der Waals surface area (Å²) in [7, 11) is 0. The van der Waals surface area contributed by atoms with Crippen molar-refractivity contribution in [2.45, 2.75) is 45.8 Å². The Labute approximate surface area is 139 Å². The number of carbonyl (C=O) groups is 1. The van der Waals surface area contributed by atoms with Crippen LogP contribution < -0.4 is 5.32 Å². The van der Waals surface area contributed by atoms with Crippen molar-refractivity contribution in [1.82, 2.24) is 20.3 Å². The van der Waals surface area contributed by atoms with Crippen LogP contribution in [0.1, 0.15) is 57.1 Å². The molecule has 0 unspecified atom stereocenters. The number of aryl methyl sites for hydroxylation is 2. The third kappa shape index (κ3) is 3.92. The fourth-order valence-corrected chi connectivity index (χ4v) is 3.41. The van der Waals surface area contributed by atoms with E-state index in [1.807, 2.05) is 13.8 Å². The molecule has 1 amide bonds. The Morgan fingerprint density at radius 2 is 2.13 bits per heavy atom. The lowest BCUT2D eigenvalue weighted by molar-refractivity contribution is 0.00940. The third-order valence-electron chi connectivity index (χ3n) is 3.76. The quantitative estimate of drug-likeness (QED) is 0.931. The highest BCUT2D eigenvalue weighted by Gasteiger charge is 2.18. The first-order chi connectivity index (χ1) is 11.1. The first-order valence-electron chi connectivity index (χ1n) is 7.78. The average molecular weight is 332 g/mol. The normalized spacial score (nSPS) is 17.9. The van der Waals surface area contributed by atoms with Crippen LogP contribution in [0.2, 0.25) is 0 Å². The summed E-state index contributed by atoms with van der Waals surface area (Å²) in [6.07, 6.45) is 6.75. The van der Waals surface area contributed by atoms with Crippen molar-refractivity contribution in [2.75, 3.05) is 6.61 Å². The molecule has 1 atom stereocenters. The van der Waals surface area contributed by atoms with Crippen molar-refractivity contribution in [3.8, 4) is 0 Å². The molecule has 0 aromatic carbocycles. The molecule has 7 heteroatoms. The van der Waals surface area contributed by atoms with E-state index in [0.717, 1.165) is 48.0 Å². The van der Waals surface area contributed by atoms with E-state index < -0.39 is 0 Å². The summed E-state index contributed by atoms with van der Waals surface area (Å²) in [4.78, 5) is 25.9. The lowest BCUT2D eigenvalue weighted by Gasteiger charge is -2.21. The number of hydrogen-bond acceptors (Lipinski definition) is 6. The number of amides is 1. The molecule has 122 valence electrons. The van der Waals surface area contributed by atoms with E-state index in [-0.39, 0.29) is 12.0 Å². The highest BCUT2D eigenvalue weighted by Crippen LogP contribution is 2.24. The number of aromatic nitrogens is 3. The summed E-state index contributed by atoms with van der Waals surface area (Å²) in [5, 5.41) is 3.78. The number of ether oxygens (including phenoxy) is 1. The van der Waals surface area contributed by atoms with Crippen molar-refractivity contribution >= 4 is 17.2 Å². The molecule has 1 fully saturated rings. The van der Waals surface area contributed by atoms with Crippen LogP contribution in [0.3, 0.4) is 0 Å². The fraction of sp³-hybridized carbons (Fsp3) is 0.500. The van der Waals surface area contributed by atoms with Gasteiger partial charge in [-0.05, 0) is 33.1 Å². The molecule has 1 N–H and O–H groups in total. The van der Waals surface area contributed by atoms with E-state index in [9.17, 15) is 4.79 Å². The van der Waals surface area contributed by atoms with Crippen LogP contribution in [0.15, 0.2) is 12.4 Å². The van der Waals surface area contributed by atoms with Crippen LogP contribution in [0, 0.1) is 13.8 Å². The van der Waals surface area contributed by atoms with Crippen LogP contribution in [-0.4, -0.2) is 27.5 Å². The third-order valence-corrected chi connectivity index (χ3v) is 4.83. The van der Waals surface area contributed by atoms with Gasteiger partial charge in [0.25, 0.3) is 5.91 Å². The highest BCUT2D eigenvalue weighted by atomic mass is 32.1. The van der Waals surface area contributed by atoms with Gasteiger partial charge in [-0.2, -0.15) is 0 Å². The first kappa shape index (κ1) is 16.0. The predicted molar refractivity (Wildman–Crippen MR) is 87.3 cm³/mol. The number of hydrogen-bond donors (Lipinski definition) is 1. The van der Waals surface area contributed by atoms with Gasteiger partial charge in [0.05, 0.1) is 10.7 Å². The predicted octanol–water partition coefficient (Wildman–Crippen LogP) is 2.72. The van der Waals surface area contributed by atoms with Crippen molar-refractivity contribution in [3.63, 3.8) is 0 Å². The lowest BCUT2D eigenvalue weighted by atomic mass is 10.1. The second-order valence-electron chi connectivity index (χ2n) is 5.63. The van der Waals surface area contributed by atoms with Gasteiger partial charge in [0.15, 0.2) is 5.82 Å². The summed E-state index contributed by atoms with van der Waals surface area (Å²) in [6, 6.07) is 0. The van der Waals surface area contributed by atoms with Crippen molar-refractivity contribution in [2.24, 2.45) is 0 Å². The molecule has 0 aliphatic carbocycles. The molecule has 0 saturated carbocycles. The van der Waals surface area contributed by atoms with Gasteiger partial charge in [-0.25, -0.2) is 15.0 Å². The number of thiazole rings is 1. The molecule has 3 rings (SSSR count). The zero-order valence-electron chi connectivity index (χ0n) is 13.3. The Morgan fingerprint density at radius 1 is 1.35 bits per heavy atom. The summed E-state index contributed by atoms with van der Waals surface area (Å²) in [6.45, 7) is 4.93.